The molecule has 2 amide bonds. The number of rotatable bonds is 6. The van der Waals surface area contributed by atoms with Crippen LogP contribution in [0.25, 0.3) is 0 Å². The summed E-state index contributed by atoms with van der Waals surface area (Å²) in [7, 11) is 0. The Morgan fingerprint density at radius 1 is 1.17 bits per heavy atom. The molecule has 124 valence electrons. The maximum atomic E-state index is 12.5. The third-order valence-corrected chi connectivity index (χ3v) is 3.85. The van der Waals surface area contributed by atoms with Gasteiger partial charge in [-0.25, -0.2) is 4.90 Å². The highest BCUT2D eigenvalue weighted by Crippen LogP contribution is 2.25. The summed E-state index contributed by atoms with van der Waals surface area (Å²) < 4.78 is 5.38. The van der Waals surface area contributed by atoms with Crippen LogP contribution in [0.3, 0.4) is 0 Å². The number of imide groups is 1. The lowest BCUT2D eigenvalue weighted by molar-refractivity contribution is -0.121. The van der Waals surface area contributed by atoms with Gasteiger partial charge < -0.3 is 10.1 Å². The summed E-state index contributed by atoms with van der Waals surface area (Å²) in [5, 5.41) is 3.14. The van der Waals surface area contributed by atoms with Gasteiger partial charge in [0.15, 0.2) is 0 Å². The molecule has 1 N–H and O–H groups in total. The molecule has 0 bridgehead atoms. The summed E-state index contributed by atoms with van der Waals surface area (Å²) in [6.45, 7) is 2.99. The van der Waals surface area contributed by atoms with Crippen LogP contribution in [0, 0.1) is 0 Å². The van der Waals surface area contributed by atoms with Gasteiger partial charge >= 0.3 is 0 Å². The summed E-state index contributed by atoms with van der Waals surface area (Å²) in [4.78, 5) is 30.0. The van der Waals surface area contributed by atoms with Crippen molar-refractivity contribution in [3.05, 3.63) is 54.4 Å². The molecule has 2 heterocycles. The molecule has 1 aromatic heterocycles. The second-order valence-electron chi connectivity index (χ2n) is 5.49. The number of hydrogen-bond acceptors (Lipinski definition) is 5. The van der Waals surface area contributed by atoms with Crippen LogP contribution in [0.2, 0.25) is 0 Å². The lowest BCUT2D eigenvalue weighted by Gasteiger charge is -2.16. The fraction of sp³-hybridized carbons (Fsp3) is 0.278. The number of ether oxygens (including phenoxy) is 1. The summed E-state index contributed by atoms with van der Waals surface area (Å²) in [6.07, 6.45) is 3.56. The largest absolute Gasteiger partial charge is 0.494 e. The van der Waals surface area contributed by atoms with Crippen LogP contribution in [0.5, 0.6) is 5.75 Å². The lowest BCUT2D eigenvalue weighted by atomic mass is 10.2. The summed E-state index contributed by atoms with van der Waals surface area (Å²) >= 11 is 0. The van der Waals surface area contributed by atoms with Crippen molar-refractivity contribution in [2.75, 3.05) is 11.5 Å². The first-order valence-electron chi connectivity index (χ1n) is 7.91. The predicted molar refractivity (Wildman–Crippen MR) is 89.6 cm³/mol. The van der Waals surface area contributed by atoms with Gasteiger partial charge in [0.25, 0.3) is 5.91 Å². The molecular formula is C18H19N3O3. The van der Waals surface area contributed by atoms with E-state index in [-0.39, 0.29) is 18.2 Å². The molecular weight excluding hydrogens is 306 g/mol. The van der Waals surface area contributed by atoms with Crippen molar-refractivity contribution >= 4 is 17.5 Å². The van der Waals surface area contributed by atoms with Gasteiger partial charge in [-0.2, -0.15) is 0 Å². The number of carbonyl (C=O) groups is 2. The van der Waals surface area contributed by atoms with E-state index in [1.54, 1.807) is 36.7 Å². The summed E-state index contributed by atoms with van der Waals surface area (Å²) in [6, 6.07) is 10.2. The van der Waals surface area contributed by atoms with Crippen LogP contribution in [0.4, 0.5) is 5.69 Å². The van der Waals surface area contributed by atoms with E-state index in [2.05, 4.69) is 10.3 Å². The first-order valence-corrected chi connectivity index (χ1v) is 7.91. The molecule has 6 nitrogen and oxygen atoms in total. The van der Waals surface area contributed by atoms with Gasteiger partial charge in [-0.15, -0.1) is 0 Å². The number of benzene rings is 1. The van der Waals surface area contributed by atoms with Crippen molar-refractivity contribution in [2.24, 2.45) is 0 Å². The highest BCUT2D eigenvalue weighted by molar-refractivity contribution is 6.22. The Hall–Kier alpha value is -2.73. The Labute approximate surface area is 140 Å². The number of hydrogen-bond donors (Lipinski definition) is 1. The molecule has 0 saturated carbocycles. The highest BCUT2D eigenvalue weighted by atomic mass is 16.5. The van der Waals surface area contributed by atoms with Crippen LogP contribution >= 0.6 is 0 Å². The Balaban J connectivity index is 1.67. The smallest absolute Gasteiger partial charge is 0.251 e. The zero-order chi connectivity index (χ0) is 16.9. The lowest BCUT2D eigenvalue weighted by Crippen LogP contribution is -2.38. The first-order chi connectivity index (χ1) is 11.7. The topological polar surface area (TPSA) is 71.5 Å². The molecule has 6 heteroatoms. The van der Waals surface area contributed by atoms with Crippen LogP contribution in [-0.2, 0) is 16.1 Å². The molecule has 0 radical (unpaired) electrons. The zero-order valence-corrected chi connectivity index (χ0v) is 13.4. The Bertz CT molecular complexity index is 716. The van der Waals surface area contributed by atoms with Crippen molar-refractivity contribution in [3.63, 3.8) is 0 Å². The van der Waals surface area contributed by atoms with Crippen molar-refractivity contribution in [1.29, 1.82) is 0 Å². The molecule has 1 unspecified atom stereocenters. The zero-order valence-electron chi connectivity index (χ0n) is 13.4. The molecule has 1 aromatic carbocycles. The Kier molecular flexibility index (Phi) is 4.86. The number of carbonyl (C=O) groups excluding carboxylic acids is 2. The predicted octanol–water partition coefficient (Wildman–Crippen LogP) is 1.90. The molecule has 1 saturated heterocycles. The van der Waals surface area contributed by atoms with Gasteiger partial charge in [0, 0.05) is 18.9 Å². The van der Waals surface area contributed by atoms with Crippen molar-refractivity contribution in [2.45, 2.75) is 25.9 Å². The molecule has 2 aromatic rings. The monoisotopic (exact) mass is 325 g/mol. The van der Waals surface area contributed by atoms with E-state index in [9.17, 15) is 9.59 Å². The van der Waals surface area contributed by atoms with E-state index in [0.717, 1.165) is 5.56 Å². The van der Waals surface area contributed by atoms with Gasteiger partial charge in [-0.05, 0) is 48.9 Å². The molecule has 1 atom stereocenters. The van der Waals surface area contributed by atoms with Crippen LogP contribution in [0.15, 0.2) is 48.8 Å². The van der Waals surface area contributed by atoms with E-state index in [0.29, 0.717) is 24.6 Å². The summed E-state index contributed by atoms with van der Waals surface area (Å²) in [5.74, 6) is 0.294. The molecule has 3 rings (SSSR count). The molecule has 24 heavy (non-hydrogen) atoms. The van der Waals surface area contributed by atoms with E-state index >= 15 is 0 Å². The second kappa shape index (κ2) is 7.23. The van der Waals surface area contributed by atoms with Crippen LogP contribution in [-0.4, -0.2) is 29.4 Å². The minimum absolute atomic E-state index is 0.164. The van der Waals surface area contributed by atoms with E-state index < -0.39 is 6.04 Å². The van der Waals surface area contributed by atoms with Gasteiger partial charge in [0.1, 0.15) is 5.75 Å². The average molecular weight is 325 g/mol. The Morgan fingerprint density at radius 3 is 2.54 bits per heavy atom. The van der Waals surface area contributed by atoms with E-state index in [1.807, 2.05) is 19.1 Å². The fourth-order valence-corrected chi connectivity index (χ4v) is 2.66. The van der Waals surface area contributed by atoms with Crippen molar-refractivity contribution in [3.8, 4) is 5.75 Å². The third kappa shape index (κ3) is 3.44. The number of nitrogens with zero attached hydrogens (tertiary/aromatic N) is 2. The number of aromatic nitrogens is 1. The second-order valence-corrected chi connectivity index (χ2v) is 5.49. The van der Waals surface area contributed by atoms with E-state index in [4.69, 9.17) is 4.74 Å². The summed E-state index contributed by atoms with van der Waals surface area (Å²) in [5.41, 5.74) is 1.59. The first kappa shape index (κ1) is 16.1. The SMILES string of the molecule is CCOc1ccc(N2C(=O)CC(NCc3ccncc3)C2=O)cc1. The molecule has 0 aliphatic carbocycles. The highest BCUT2D eigenvalue weighted by Gasteiger charge is 2.39. The van der Waals surface area contributed by atoms with Gasteiger partial charge in [-0.3, -0.25) is 14.6 Å². The van der Waals surface area contributed by atoms with Crippen molar-refractivity contribution < 1.29 is 14.3 Å². The maximum absolute atomic E-state index is 12.5. The van der Waals surface area contributed by atoms with E-state index in [1.165, 1.54) is 4.90 Å². The van der Waals surface area contributed by atoms with Crippen molar-refractivity contribution in [1.82, 2.24) is 10.3 Å². The number of anilines is 1. The van der Waals surface area contributed by atoms with Gasteiger partial charge in [-0.1, -0.05) is 0 Å². The average Bonchev–Trinajstić information content (AvgIpc) is 2.89. The third-order valence-electron chi connectivity index (χ3n) is 3.85. The maximum Gasteiger partial charge on any atom is 0.251 e. The number of nitrogens with one attached hydrogen (secondary N) is 1. The Morgan fingerprint density at radius 2 is 1.88 bits per heavy atom. The van der Waals surface area contributed by atoms with Gasteiger partial charge in [0.2, 0.25) is 5.91 Å². The standard InChI is InChI=1S/C18H19N3O3/c1-2-24-15-5-3-14(4-6-15)21-17(22)11-16(18(21)23)20-12-13-7-9-19-10-8-13/h3-10,16,20H,2,11-12H2,1H3. The minimum atomic E-state index is -0.503. The molecule has 1 aliphatic rings. The van der Waals surface area contributed by atoms with Gasteiger partial charge in [0.05, 0.1) is 24.8 Å². The number of pyridine rings is 1. The molecule has 1 aliphatic heterocycles. The molecule has 1 fully saturated rings. The van der Waals surface area contributed by atoms with Crippen LogP contribution in [0.1, 0.15) is 18.9 Å². The minimum Gasteiger partial charge on any atom is -0.494 e. The quantitative estimate of drug-likeness (QED) is 0.821. The number of amides is 2. The molecule has 0 spiro atoms. The fourth-order valence-electron chi connectivity index (χ4n) is 2.66. The normalized spacial score (nSPS) is 17.4. The van der Waals surface area contributed by atoms with Crippen LogP contribution < -0.4 is 15.0 Å².